The van der Waals surface area contributed by atoms with Gasteiger partial charge in [-0.1, -0.05) is 76.9 Å². The van der Waals surface area contributed by atoms with Crippen molar-refractivity contribution in [3.63, 3.8) is 0 Å². The molecule has 0 aliphatic heterocycles. The van der Waals surface area contributed by atoms with Crippen molar-refractivity contribution in [2.75, 3.05) is 18.1 Å². The van der Waals surface area contributed by atoms with E-state index in [1.54, 1.807) is 0 Å². The van der Waals surface area contributed by atoms with E-state index in [0.29, 0.717) is 6.61 Å². The summed E-state index contributed by atoms with van der Waals surface area (Å²) in [6.07, 6.45) is 24.0. The van der Waals surface area contributed by atoms with E-state index in [-0.39, 0.29) is 0 Å². The molecule has 132 valence electrons. The molecule has 0 aromatic rings. The molecule has 0 aliphatic rings. The summed E-state index contributed by atoms with van der Waals surface area (Å²) in [6.45, 7) is 2.61. The van der Waals surface area contributed by atoms with Gasteiger partial charge in [0.15, 0.2) is 0 Å². The molecule has 0 aromatic heterocycles. The SMILES string of the molecule is CCCCCCCC/C=C\CCCCCCCCSCCO. The summed E-state index contributed by atoms with van der Waals surface area (Å²) in [5.41, 5.74) is 0. The Labute approximate surface area is 144 Å². The van der Waals surface area contributed by atoms with Crippen LogP contribution in [0.25, 0.3) is 0 Å². The Kier molecular flexibility index (Phi) is 21.1. The highest BCUT2D eigenvalue weighted by Gasteiger charge is 1.92. The van der Waals surface area contributed by atoms with Crippen molar-refractivity contribution < 1.29 is 5.11 Å². The smallest absolute Gasteiger partial charge is 0.0521 e. The van der Waals surface area contributed by atoms with Gasteiger partial charge in [0.2, 0.25) is 0 Å². The average molecular weight is 329 g/mol. The van der Waals surface area contributed by atoms with Gasteiger partial charge in [-0.2, -0.15) is 11.8 Å². The van der Waals surface area contributed by atoms with Gasteiger partial charge in [0.1, 0.15) is 0 Å². The lowest BCUT2D eigenvalue weighted by molar-refractivity contribution is 0.322. The van der Waals surface area contributed by atoms with Crippen LogP contribution < -0.4 is 0 Å². The van der Waals surface area contributed by atoms with E-state index < -0.39 is 0 Å². The van der Waals surface area contributed by atoms with Crippen molar-refractivity contribution in [1.29, 1.82) is 0 Å². The number of hydrogen-bond acceptors (Lipinski definition) is 2. The van der Waals surface area contributed by atoms with Gasteiger partial charge in [0.05, 0.1) is 6.61 Å². The van der Waals surface area contributed by atoms with Crippen LogP contribution in [0, 0.1) is 0 Å². The van der Waals surface area contributed by atoms with Crippen LogP contribution in [0.15, 0.2) is 12.2 Å². The monoisotopic (exact) mass is 328 g/mol. The molecule has 0 aliphatic carbocycles. The lowest BCUT2D eigenvalue weighted by atomic mass is 10.1. The van der Waals surface area contributed by atoms with Crippen LogP contribution in [0.5, 0.6) is 0 Å². The molecule has 0 heterocycles. The predicted octanol–water partition coefficient (Wildman–Crippen LogP) is 6.75. The zero-order valence-corrected chi connectivity index (χ0v) is 15.8. The minimum Gasteiger partial charge on any atom is -0.396 e. The summed E-state index contributed by atoms with van der Waals surface area (Å²) in [5, 5.41) is 8.67. The molecule has 0 spiro atoms. The Morgan fingerprint density at radius 3 is 1.68 bits per heavy atom. The highest BCUT2D eigenvalue weighted by atomic mass is 32.2. The molecule has 1 nitrogen and oxygen atoms in total. The standard InChI is InChI=1S/C20H40OS/c1-2-3-4-5-6-7-8-9-10-11-12-13-14-15-16-17-19-22-20-18-21/h9-10,21H,2-8,11-20H2,1H3/b10-9-. The molecule has 0 unspecified atom stereocenters. The summed E-state index contributed by atoms with van der Waals surface area (Å²) in [6, 6.07) is 0. The number of unbranched alkanes of at least 4 members (excludes halogenated alkanes) is 12. The van der Waals surface area contributed by atoms with Crippen molar-refractivity contribution in [2.24, 2.45) is 0 Å². The number of aliphatic hydroxyl groups excluding tert-OH is 1. The van der Waals surface area contributed by atoms with Gasteiger partial charge in [-0.25, -0.2) is 0 Å². The quantitative estimate of drug-likeness (QED) is 0.222. The van der Waals surface area contributed by atoms with E-state index in [9.17, 15) is 0 Å². The maximum Gasteiger partial charge on any atom is 0.0521 e. The summed E-state index contributed by atoms with van der Waals surface area (Å²) in [4.78, 5) is 0. The maximum absolute atomic E-state index is 8.67. The number of thioether (sulfide) groups is 1. The molecular weight excluding hydrogens is 288 g/mol. The highest BCUT2D eigenvalue weighted by molar-refractivity contribution is 7.99. The van der Waals surface area contributed by atoms with Crippen LogP contribution >= 0.6 is 11.8 Å². The Morgan fingerprint density at radius 1 is 0.636 bits per heavy atom. The molecule has 0 saturated heterocycles. The normalized spacial score (nSPS) is 11.5. The van der Waals surface area contributed by atoms with Crippen molar-refractivity contribution >= 4 is 11.8 Å². The van der Waals surface area contributed by atoms with Gasteiger partial charge in [0.25, 0.3) is 0 Å². The Bertz CT molecular complexity index is 216. The number of rotatable bonds is 18. The Balaban J connectivity index is 3.02. The molecule has 0 saturated carbocycles. The highest BCUT2D eigenvalue weighted by Crippen LogP contribution is 2.11. The topological polar surface area (TPSA) is 20.2 Å². The van der Waals surface area contributed by atoms with Crippen LogP contribution in [-0.4, -0.2) is 23.2 Å². The summed E-state index contributed by atoms with van der Waals surface area (Å²) in [7, 11) is 0. The zero-order chi connectivity index (χ0) is 16.1. The lowest BCUT2D eigenvalue weighted by Crippen LogP contribution is -1.88. The molecule has 2 heteroatoms. The number of aliphatic hydroxyl groups is 1. The Morgan fingerprint density at radius 2 is 1.14 bits per heavy atom. The van der Waals surface area contributed by atoms with E-state index in [2.05, 4.69) is 19.1 Å². The maximum atomic E-state index is 8.67. The van der Waals surface area contributed by atoms with E-state index in [1.165, 1.54) is 95.6 Å². The van der Waals surface area contributed by atoms with Gasteiger partial charge in [-0.15, -0.1) is 0 Å². The molecule has 0 aromatic carbocycles. The molecule has 0 atom stereocenters. The zero-order valence-electron chi connectivity index (χ0n) is 15.0. The molecular formula is C20H40OS. The molecule has 0 fully saturated rings. The first-order valence-electron chi connectivity index (χ1n) is 9.75. The lowest BCUT2D eigenvalue weighted by Gasteiger charge is -2.01. The van der Waals surface area contributed by atoms with Crippen LogP contribution in [0.3, 0.4) is 0 Å². The van der Waals surface area contributed by atoms with E-state index in [4.69, 9.17) is 5.11 Å². The van der Waals surface area contributed by atoms with Gasteiger partial charge >= 0.3 is 0 Å². The minimum atomic E-state index is 0.330. The third-order valence-corrected chi connectivity index (χ3v) is 5.08. The fourth-order valence-corrected chi connectivity index (χ4v) is 3.36. The van der Waals surface area contributed by atoms with Crippen molar-refractivity contribution in [3.8, 4) is 0 Å². The number of hydrogen-bond donors (Lipinski definition) is 1. The van der Waals surface area contributed by atoms with Crippen molar-refractivity contribution in [2.45, 2.75) is 96.8 Å². The molecule has 1 N–H and O–H groups in total. The number of allylic oxidation sites excluding steroid dienone is 2. The molecule has 0 rings (SSSR count). The van der Waals surface area contributed by atoms with Gasteiger partial charge < -0.3 is 5.11 Å². The fourth-order valence-electron chi connectivity index (χ4n) is 2.62. The largest absolute Gasteiger partial charge is 0.396 e. The summed E-state index contributed by atoms with van der Waals surface area (Å²) in [5.74, 6) is 2.13. The van der Waals surface area contributed by atoms with Gasteiger partial charge in [-0.3, -0.25) is 0 Å². The van der Waals surface area contributed by atoms with Crippen molar-refractivity contribution in [3.05, 3.63) is 12.2 Å². The average Bonchev–Trinajstić information content (AvgIpc) is 2.54. The molecule has 0 amide bonds. The Hall–Kier alpha value is 0.0500. The van der Waals surface area contributed by atoms with E-state index >= 15 is 0 Å². The fraction of sp³-hybridized carbons (Fsp3) is 0.900. The first-order chi connectivity index (χ1) is 10.9. The predicted molar refractivity (Wildman–Crippen MR) is 104 cm³/mol. The second-order valence-electron chi connectivity index (χ2n) is 6.27. The van der Waals surface area contributed by atoms with Crippen LogP contribution in [0.1, 0.15) is 96.8 Å². The molecule has 0 bridgehead atoms. The third kappa shape index (κ3) is 20.1. The molecule has 22 heavy (non-hydrogen) atoms. The minimum absolute atomic E-state index is 0.330. The van der Waals surface area contributed by atoms with Gasteiger partial charge in [-0.05, 0) is 37.9 Å². The molecule has 0 radical (unpaired) electrons. The first kappa shape index (κ1) is 22.1. The first-order valence-corrected chi connectivity index (χ1v) is 10.9. The van der Waals surface area contributed by atoms with Crippen LogP contribution in [0.2, 0.25) is 0 Å². The second-order valence-corrected chi connectivity index (χ2v) is 7.50. The van der Waals surface area contributed by atoms with Crippen molar-refractivity contribution in [1.82, 2.24) is 0 Å². The van der Waals surface area contributed by atoms with Crippen LogP contribution in [-0.2, 0) is 0 Å². The second kappa shape index (κ2) is 21.0. The summed E-state index contributed by atoms with van der Waals surface area (Å²) >= 11 is 1.88. The van der Waals surface area contributed by atoms with E-state index in [0.717, 1.165) is 5.75 Å². The third-order valence-electron chi connectivity index (χ3n) is 4.04. The van der Waals surface area contributed by atoms with E-state index in [1.807, 2.05) is 11.8 Å². The van der Waals surface area contributed by atoms with Crippen LogP contribution in [0.4, 0.5) is 0 Å². The van der Waals surface area contributed by atoms with Gasteiger partial charge in [0, 0.05) is 5.75 Å². The summed E-state index contributed by atoms with van der Waals surface area (Å²) < 4.78 is 0.